The van der Waals surface area contributed by atoms with E-state index in [1.54, 1.807) is 0 Å². The molecule has 0 radical (unpaired) electrons. The van der Waals surface area contributed by atoms with E-state index in [-0.39, 0.29) is 6.61 Å². The summed E-state index contributed by atoms with van der Waals surface area (Å²) in [7, 11) is 0. The van der Waals surface area contributed by atoms with Crippen molar-refractivity contribution in [2.45, 2.75) is 58.7 Å². The molecule has 1 aromatic heterocycles. The van der Waals surface area contributed by atoms with Crippen molar-refractivity contribution in [2.75, 3.05) is 13.2 Å². The van der Waals surface area contributed by atoms with Gasteiger partial charge in [-0.25, -0.2) is 0 Å². The van der Waals surface area contributed by atoms with Crippen LogP contribution >= 0.6 is 0 Å². The minimum atomic E-state index is 0.227. The number of aryl methyl sites for hydroxylation is 2. The SMILES string of the molecule is CCn1c(C)nnc1CN(CCCO)C1CCCc2ccccc21. The molecule has 2 aromatic rings. The van der Waals surface area contributed by atoms with Crippen molar-refractivity contribution in [1.29, 1.82) is 0 Å². The molecule has 1 atom stereocenters. The maximum atomic E-state index is 9.32. The highest BCUT2D eigenvalue weighted by Gasteiger charge is 2.26. The summed E-state index contributed by atoms with van der Waals surface area (Å²) in [5, 5.41) is 18.0. The molecule has 130 valence electrons. The molecule has 5 nitrogen and oxygen atoms in total. The molecule has 0 fully saturated rings. The van der Waals surface area contributed by atoms with E-state index in [1.165, 1.54) is 30.4 Å². The smallest absolute Gasteiger partial charge is 0.147 e. The van der Waals surface area contributed by atoms with Gasteiger partial charge in [-0.2, -0.15) is 0 Å². The van der Waals surface area contributed by atoms with E-state index in [0.29, 0.717) is 6.04 Å². The summed E-state index contributed by atoms with van der Waals surface area (Å²) in [6.07, 6.45) is 4.35. The van der Waals surface area contributed by atoms with E-state index in [9.17, 15) is 5.11 Å². The maximum absolute atomic E-state index is 9.32. The topological polar surface area (TPSA) is 54.2 Å². The lowest BCUT2D eigenvalue weighted by molar-refractivity contribution is 0.147. The van der Waals surface area contributed by atoms with Gasteiger partial charge in [0.15, 0.2) is 0 Å². The highest BCUT2D eigenvalue weighted by atomic mass is 16.3. The van der Waals surface area contributed by atoms with Crippen molar-refractivity contribution in [3.8, 4) is 0 Å². The first-order chi connectivity index (χ1) is 11.7. The van der Waals surface area contributed by atoms with E-state index >= 15 is 0 Å². The van der Waals surface area contributed by atoms with E-state index in [1.807, 2.05) is 6.92 Å². The zero-order valence-corrected chi connectivity index (χ0v) is 14.8. The number of aliphatic hydroxyl groups excluding tert-OH is 1. The standard InChI is InChI=1S/C19H28N4O/c1-3-23-15(2)20-21-19(23)14-22(12-7-13-24)18-11-6-9-16-8-4-5-10-17(16)18/h4-5,8,10,18,24H,3,6-7,9,11-14H2,1-2H3. The van der Waals surface area contributed by atoms with Crippen LogP contribution in [0.1, 0.15) is 55.0 Å². The summed E-state index contributed by atoms with van der Waals surface area (Å²) >= 11 is 0. The van der Waals surface area contributed by atoms with Gasteiger partial charge >= 0.3 is 0 Å². The van der Waals surface area contributed by atoms with Crippen LogP contribution in [0.2, 0.25) is 0 Å². The number of aliphatic hydroxyl groups is 1. The van der Waals surface area contributed by atoms with Gasteiger partial charge in [0.25, 0.3) is 0 Å². The summed E-state index contributed by atoms with van der Waals surface area (Å²) < 4.78 is 2.18. The van der Waals surface area contributed by atoms with Gasteiger partial charge in [-0.1, -0.05) is 24.3 Å². The first-order valence-corrected chi connectivity index (χ1v) is 9.06. The Bertz CT molecular complexity index is 667. The fourth-order valence-electron chi connectivity index (χ4n) is 3.86. The monoisotopic (exact) mass is 328 g/mol. The molecule has 1 N–H and O–H groups in total. The van der Waals surface area contributed by atoms with Crippen LogP contribution in [0.15, 0.2) is 24.3 Å². The van der Waals surface area contributed by atoms with Crippen LogP contribution in [0.4, 0.5) is 0 Å². The van der Waals surface area contributed by atoms with Crippen molar-refractivity contribution in [3.63, 3.8) is 0 Å². The summed E-state index contributed by atoms with van der Waals surface area (Å²) in [6, 6.07) is 9.20. The van der Waals surface area contributed by atoms with Gasteiger partial charge in [-0.15, -0.1) is 10.2 Å². The Labute approximate surface area is 144 Å². The predicted molar refractivity (Wildman–Crippen MR) is 94.7 cm³/mol. The van der Waals surface area contributed by atoms with E-state index in [2.05, 4.69) is 50.9 Å². The second-order valence-electron chi connectivity index (χ2n) is 6.56. The minimum Gasteiger partial charge on any atom is -0.396 e. The van der Waals surface area contributed by atoms with E-state index in [0.717, 1.165) is 37.7 Å². The van der Waals surface area contributed by atoms with Gasteiger partial charge in [-0.3, -0.25) is 4.90 Å². The molecule has 1 aliphatic rings. The van der Waals surface area contributed by atoms with Crippen LogP contribution in [0.3, 0.4) is 0 Å². The minimum absolute atomic E-state index is 0.227. The molecule has 0 saturated carbocycles. The molecule has 3 rings (SSSR count). The Morgan fingerprint density at radius 3 is 2.92 bits per heavy atom. The lowest BCUT2D eigenvalue weighted by atomic mass is 9.86. The highest BCUT2D eigenvalue weighted by molar-refractivity contribution is 5.32. The molecular formula is C19H28N4O. The lowest BCUT2D eigenvalue weighted by Gasteiger charge is -2.35. The normalized spacial score (nSPS) is 17.2. The number of benzene rings is 1. The number of rotatable bonds is 7. The molecule has 1 aliphatic carbocycles. The van der Waals surface area contributed by atoms with Crippen molar-refractivity contribution < 1.29 is 5.11 Å². The second-order valence-corrected chi connectivity index (χ2v) is 6.56. The molecule has 0 aliphatic heterocycles. The zero-order chi connectivity index (χ0) is 16.9. The molecule has 0 saturated heterocycles. The fourth-order valence-corrected chi connectivity index (χ4v) is 3.86. The summed E-state index contributed by atoms with van der Waals surface area (Å²) in [5.41, 5.74) is 2.91. The Balaban J connectivity index is 1.87. The Hall–Kier alpha value is -1.72. The third-order valence-corrected chi connectivity index (χ3v) is 5.06. The van der Waals surface area contributed by atoms with Gasteiger partial charge in [0.2, 0.25) is 0 Å². The number of nitrogens with zero attached hydrogens (tertiary/aromatic N) is 4. The quantitative estimate of drug-likeness (QED) is 0.849. The van der Waals surface area contributed by atoms with E-state index in [4.69, 9.17) is 0 Å². The molecule has 1 unspecified atom stereocenters. The average Bonchev–Trinajstić information content (AvgIpc) is 2.97. The van der Waals surface area contributed by atoms with Crippen LogP contribution in [-0.2, 0) is 19.5 Å². The molecular weight excluding hydrogens is 300 g/mol. The first-order valence-electron chi connectivity index (χ1n) is 9.06. The second kappa shape index (κ2) is 7.90. The highest BCUT2D eigenvalue weighted by Crippen LogP contribution is 2.35. The predicted octanol–water partition coefficient (Wildman–Crippen LogP) is 2.87. The molecule has 0 spiro atoms. The van der Waals surface area contributed by atoms with Crippen LogP contribution < -0.4 is 0 Å². The number of fused-ring (bicyclic) bond motifs is 1. The third-order valence-electron chi connectivity index (χ3n) is 5.06. The van der Waals surface area contributed by atoms with Crippen LogP contribution in [0.25, 0.3) is 0 Å². The van der Waals surface area contributed by atoms with Crippen LogP contribution in [-0.4, -0.2) is 37.9 Å². The van der Waals surface area contributed by atoms with Crippen molar-refractivity contribution in [3.05, 3.63) is 47.0 Å². The van der Waals surface area contributed by atoms with Crippen LogP contribution in [0, 0.1) is 6.92 Å². The van der Waals surface area contributed by atoms with Gasteiger partial charge in [0.1, 0.15) is 11.6 Å². The van der Waals surface area contributed by atoms with Gasteiger partial charge in [-0.05, 0) is 50.7 Å². The lowest BCUT2D eigenvalue weighted by Crippen LogP contribution is -2.33. The average molecular weight is 328 g/mol. The number of aromatic nitrogens is 3. The molecule has 24 heavy (non-hydrogen) atoms. The Kier molecular flexibility index (Phi) is 5.63. The molecule has 0 amide bonds. The number of hydrogen-bond acceptors (Lipinski definition) is 4. The zero-order valence-electron chi connectivity index (χ0n) is 14.8. The molecule has 1 aromatic carbocycles. The van der Waals surface area contributed by atoms with Gasteiger partial charge in [0, 0.05) is 25.7 Å². The third kappa shape index (κ3) is 3.52. The molecule has 0 bridgehead atoms. The summed E-state index contributed by atoms with van der Waals surface area (Å²) in [5.74, 6) is 2.00. The molecule has 1 heterocycles. The first kappa shape index (κ1) is 17.1. The van der Waals surface area contributed by atoms with E-state index < -0.39 is 0 Å². The number of hydrogen-bond donors (Lipinski definition) is 1. The van der Waals surface area contributed by atoms with Crippen LogP contribution in [0.5, 0.6) is 0 Å². The largest absolute Gasteiger partial charge is 0.396 e. The van der Waals surface area contributed by atoms with Crippen molar-refractivity contribution in [2.24, 2.45) is 0 Å². The summed E-state index contributed by atoms with van der Waals surface area (Å²) in [6.45, 7) is 6.92. The summed E-state index contributed by atoms with van der Waals surface area (Å²) in [4.78, 5) is 2.48. The van der Waals surface area contributed by atoms with Crippen molar-refractivity contribution >= 4 is 0 Å². The van der Waals surface area contributed by atoms with Gasteiger partial charge < -0.3 is 9.67 Å². The van der Waals surface area contributed by atoms with Crippen molar-refractivity contribution in [1.82, 2.24) is 19.7 Å². The Morgan fingerprint density at radius 1 is 1.29 bits per heavy atom. The molecule has 5 heteroatoms. The Morgan fingerprint density at radius 2 is 2.12 bits per heavy atom. The fraction of sp³-hybridized carbons (Fsp3) is 0.579. The van der Waals surface area contributed by atoms with Gasteiger partial charge in [0.05, 0.1) is 6.54 Å². The maximum Gasteiger partial charge on any atom is 0.147 e.